The first-order chi connectivity index (χ1) is 12.4. The molecule has 0 saturated carbocycles. The Morgan fingerprint density at radius 3 is 2.38 bits per heavy atom. The number of Topliss-reactive ketones (excluding diaryl/α,β-unsaturated/α-hetero) is 1. The van der Waals surface area contributed by atoms with E-state index in [-0.39, 0.29) is 24.5 Å². The summed E-state index contributed by atoms with van der Waals surface area (Å²) in [6, 6.07) is 11.5. The van der Waals surface area contributed by atoms with Gasteiger partial charge in [-0.1, -0.05) is 12.1 Å². The molecule has 0 saturated heterocycles. The van der Waals surface area contributed by atoms with E-state index in [0.717, 1.165) is 16.0 Å². The lowest BCUT2D eigenvalue weighted by Gasteiger charge is -2.06. The third-order valence-corrected chi connectivity index (χ3v) is 4.83. The molecule has 6 nitrogen and oxygen atoms in total. The van der Waals surface area contributed by atoms with Crippen molar-refractivity contribution < 1.29 is 19.2 Å². The summed E-state index contributed by atoms with van der Waals surface area (Å²) in [5.41, 5.74) is 2.67. The Morgan fingerprint density at radius 2 is 1.77 bits per heavy atom. The second-order valence-corrected chi connectivity index (χ2v) is 6.90. The molecule has 0 aliphatic heterocycles. The zero-order chi connectivity index (χ0) is 19.1. The quantitative estimate of drug-likeness (QED) is 0.227. The Bertz CT molecular complexity index is 817. The monoisotopic (exact) mass is 373 g/mol. The van der Waals surface area contributed by atoms with Crippen molar-refractivity contribution in [1.29, 1.82) is 0 Å². The SMILES string of the molecule is Cc1ccc(C(=O)COC(=O)CCSc2ccc([N+](=O)[O-])cc2)cc1C. The first-order valence-electron chi connectivity index (χ1n) is 8.00. The topological polar surface area (TPSA) is 86.5 Å². The molecule has 0 bridgehead atoms. The molecule has 0 aliphatic rings. The number of carbonyl (C=O) groups excluding carboxylic acids is 2. The minimum Gasteiger partial charge on any atom is -0.457 e. The van der Waals surface area contributed by atoms with Gasteiger partial charge in [0.05, 0.1) is 11.3 Å². The number of nitro groups is 1. The van der Waals surface area contributed by atoms with Crippen molar-refractivity contribution in [3.8, 4) is 0 Å². The van der Waals surface area contributed by atoms with Crippen molar-refractivity contribution in [2.45, 2.75) is 25.2 Å². The van der Waals surface area contributed by atoms with Crippen molar-refractivity contribution in [3.05, 3.63) is 69.3 Å². The number of ketones is 1. The summed E-state index contributed by atoms with van der Waals surface area (Å²) in [6.07, 6.45) is 0.155. The summed E-state index contributed by atoms with van der Waals surface area (Å²) >= 11 is 1.39. The number of nitrogens with zero attached hydrogens (tertiary/aromatic N) is 1. The van der Waals surface area contributed by atoms with Gasteiger partial charge in [-0.2, -0.15) is 0 Å². The lowest BCUT2D eigenvalue weighted by atomic mass is 10.0. The summed E-state index contributed by atoms with van der Waals surface area (Å²) in [4.78, 5) is 34.8. The van der Waals surface area contributed by atoms with Crippen molar-refractivity contribution >= 4 is 29.2 Å². The van der Waals surface area contributed by atoms with Gasteiger partial charge in [0.25, 0.3) is 5.69 Å². The first-order valence-corrected chi connectivity index (χ1v) is 8.98. The van der Waals surface area contributed by atoms with Crippen LogP contribution in [0.3, 0.4) is 0 Å². The highest BCUT2D eigenvalue weighted by molar-refractivity contribution is 7.99. The molecule has 2 aromatic carbocycles. The van der Waals surface area contributed by atoms with Gasteiger partial charge in [0.15, 0.2) is 12.4 Å². The molecular formula is C19H19NO5S. The maximum Gasteiger partial charge on any atom is 0.307 e. The number of hydrogen-bond donors (Lipinski definition) is 0. The predicted molar refractivity (Wildman–Crippen MR) is 99.6 cm³/mol. The maximum absolute atomic E-state index is 12.1. The number of thioether (sulfide) groups is 1. The Kier molecular flexibility index (Phi) is 6.91. The van der Waals surface area contributed by atoms with Gasteiger partial charge >= 0.3 is 5.97 Å². The second kappa shape index (κ2) is 9.15. The third-order valence-electron chi connectivity index (χ3n) is 3.82. The summed E-state index contributed by atoms with van der Waals surface area (Å²) in [5.74, 6) is -0.213. The van der Waals surface area contributed by atoms with Crippen LogP contribution in [0.15, 0.2) is 47.4 Å². The molecule has 0 heterocycles. The Hall–Kier alpha value is -2.67. The van der Waals surface area contributed by atoms with Gasteiger partial charge in [0, 0.05) is 28.3 Å². The number of benzene rings is 2. The molecule has 7 heteroatoms. The number of nitro benzene ring substituents is 1. The number of aryl methyl sites for hydroxylation is 2. The minimum atomic E-state index is -0.460. The molecule has 0 aliphatic carbocycles. The number of non-ortho nitro benzene ring substituents is 1. The Balaban J connectivity index is 1.73. The van der Waals surface area contributed by atoms with E-state index in [4.69, 9.17) is 4.74 Å². The summed E-state index contributed by atoms with van der Waals surface area (Å²) in [7, 11) is 0. The molecular weight excluding hydrogens is 354 g/mol. The average molecular weight is 373 g/mol. The lowest BCUT2D eigenvalue weighted by molar-refractivity contribution is -0.384. The van der Waals surface area contributed by atoms with Gasteiger partial charge in [-0.05, 0) is 43.2 Å². The second-order valence-electron chi connectivity index (χ2n) is 5.73. The summed E-state index contributed by atoms with van der Waals surface area (Å²) < 4.78 is 5.03. The highest BCUT2D eigenvalue weighted by Gasteiger charge is 2.11. The highest BCUT2D eigenvalue weighted by atomic mass is 32.2. The molecule has 0 atom stereocenters. The Morgan fingerprint density at radius 1 is 1.08 bits per heavy atom. The molecule has 0 N–H and O–H groups in total. The van der Waals surface area contributed by atoms with Crippen molar-refractivity contribution in [3.63, 3.8) is 0 Å². The van der Waals surface area contributed by atoms with E-state index >= 15 is 0 Å². The normalized spacial score (nSPS) is 10.4. The first kappa shape index (κ1) is 19.7. The van der Waals surface area contributed by atoms with Gasteiger partial charge in [-0.15, -0.1) is 11.8 Å². The molecule has 2 rings (SSSR count). The van der Waals surface area contributed by atoms with Crippen LogP contribution in [0.1, 0.15) is 27.9 Å². The largest absolute Gasteiger partial charge is 0.457 e. The van der Waals surface area contributed by atoms with Crippen LogP contribution in [0, 0.1) is 24.0 Å². The fourth-order valence-electron chi connectivity index (χ4n) is 2.13. The van der Waals surface area contributed by atoms with E-state index in [1.807, 2.05) is 19.9 Å². The van der Waals surface area contributed by atoms with Crippen molar-refractivity contribution in [1.82, 2.24) is 0 Å². The molecule has 0 radical (unpaired) electrons. The van der Waals surface area contributed by atoms with Crippen molar-refractivity contribution in [2.75, 3.05) is 12.4 Å². The van der Waals surface area contributed by atoms with Gasteiger partial charge in [-0.3, -0.25) is 19.7 Å². The molecule has 2 aromatic rings. The van der Waals surface area contributed by atoms with E-state index in [1.54, 1.807) is 24.3 Å². The van der Waals surface area contributed by atoms with Crippen LogP contribution in [0.25, 0.3) is 0 Å². The number of rotatable bonds is 8. The molecule has 26 heavy (non-hydrogen) atoms. The van der Waals surface area contributed by atoms with E-state index in [0.29, 0.717) is 11.3 Å². The minimum absolute atomic E-state index is 0.0265. The molecule has 0 amide bonds. The number of carbonyl (C=O) groups is 2. The molecule has 0 fully saturated rings. The zero-order valence-corrected chi connectivity index (χ0v) is 15.4. The fourth-order valence-corrected chi connectivity index (χ4v) is 2.97. The van der Waals surface area contributed by atoms with Gasteiger partial charge in [-0.25, -0.2) is 0 Å². The van der Waals surface area contributed by atoms with Crippen LogP contribution in [0.4, 0.5) is 5.69 Å². The molecule has 0 aromatic heterocycles. The lowest BCUT2D eigenvalue weighted by Crippen LogP contribution is -2.14. The summed E-state index contributed by atoms with van der Waals surface area (Å²) in [6.45, 7) is 3.61. The fraction of sp³-hybridized carbons (Fsp3) is 0.263. The van der Waals surface area contributed by atoms with Crippen LogP contribution in [-0.2, 0) is 9.53 Å². The molecule has 136 valence electrons. The van der Waals surface area contributed by atoms with Crippen LogP contribution in [0.5, 0.6) is 0 Å². The van der Waals surface area contributed by atoms with E-state index in [1.165, 1.54) is 23.9 Å². The van der Waals surface area contributed by atoms with E-state index in [9.17, 15) is 19.7 Å². The van der Waals surface area contributed by atoms with Crippen LogP contribution >= 0.6 is 11.8 Å². The van der Waals surface area contributed by atoms with Gasteiger partial charge < -0.3 is 4.74 Å². The van der Waals surface area contributed by atoms with Crippen LogP contribution in [-0.4, -0.2) is 29.0 Å². The third kappa shape index (κ3) is 5.70. The molecule has 0 spiro atoms. The van der Waals surface area contributed by atoms with Crippen molar-refractivity contribution in [2.24, 2.45) is 0 Å². The van der Waals surface area contributed by atoms with E-state index < -0.39 is 10.9 Å². The average Bonchev–Trinajstić information content (AvgIpc) is 2.62. The summed E-state index contributed by atoms with van der Waals surface area (Å²) in [5, 5.41) is 10.6. The number of ether oxygens (including phenoxy) is 1. The number of hydrogen-bond acceptors (Lipinski definition) is 6. The highest BCUT2D eigenvalue weighted by Crippen LogP contribution is 2.22. The zero-order valence-electron chi connectivity index (χ0n) is 14.6. The van der Waals surface area contributed by atoms with Crippen LogP contribution in [0.2, 0.25) is 0 Å². The maximum atomic E-state index is 12.1. The predicted octanol–water partition coefficient (Wildman–Crippen LogP) is 4.12. The van der Waals surface area contributed by atoms with E-state index in [2.05, 4.69) is 0 Å². The standard InChI is InChI=1S/C19H19NO5S/c1-13-3-4-15(11-14(13)2)18(21)12-25-19(22)9-10-26-17-7-5-16(6-8-17)20(23)24/h3-8,11H,9-10,12H2,1-2H3. The molecule has 0 unspecified atom stereocenters. The smallest absolute Gasteiger partial charge is 0.307 e. The number of esters is 1. The van der Waals surface area contributed by atoms with Gasteiger partial charge in [0.2, 0.25) is 0 Å². The van der Waals surface area contributed by atoms with Gasteiger partial charge in [0.1, 0.15) is 0 Å². The van der Waals surface area contributed by atoms with Crippen LogP contribution < -0.4 is 0 Å². The Labute approximate surface area is 155 Å².